The Morgan fingerprint density at radius 1 is 0.321 bits per heavy atom. The van der Waals surface area contributed by atoms with Gasteiger partial charge in [0.2, 0.25) is 0 Å². The van der Waals surface area contributed by atoms with Crippen molar-refractivity contribution in [1.82, 2.24) is 25.0 Å². The molecule has 9 rings (SSSR count). The smallest absolute Gasteiger partial charge is 0.268 e. The first-order valence-corrected chi connectivity index (χ1v) is 17.5. The number of nitrogens with zero attached hydrogens (tertiary/aromatic N) is 7. The average molecular weight is 684 g/mol. The van der Waals surface area contributed by atoms with Crippen LogP contribution in [0.4, 0.5) is 34.1 Å². The van der Waals surface area contributed by atoms with Crippen molar-refractivity contribution in [1.29, 1.82) is 0 Å². The number of anilines is 6. The van der Waals surface area contributed by atoms with E-state index in [0.717, 1.165) is 67.4 Å². The van der Waals surface area contributed by atoms with Crippen LogP contribution in [-0.2, 0) is 0 Å². The van der Waals surface area contributed by atoms with Crippen molar-refractivity contribution in [3.8, 4) is 28.2 Å². The van der Waals surface area contributed by atoms with Gasteiger partial charge in [-0.25, -0.2) is 9.97 Å². The molecule has 0 bridgehead atoms. The maximum Gasteiger partial charge on any atom is 0.268 e. The quantitative estimate of drug-likeness (QED) is 0.151. The van der Waals surface area contributed by atoms with Crippen LogP contribution in [0.2, 0.25) is 0 Å². The van der Waals surface area contributed by atoms with E-state index in [1.165, 1.54) is 4.80 Å². The minimum atomic E-state index is 0.411. The molecule has 0 saturated heterocycles. The van der Waals surface area contributed by atoms with E-state index in [2.05, 4.69) is 177 Å². The van der Waals surface area contributed by atoms with Crippen LogP contribution in [0, 0.1) is 0 Å². The van der Waals surface area contributed by atoms with Gasteiger partial charge in [-0.3, -0.25) is 0 Å². The van der Waals surface area contributed by atoms with Crippen molar-refractivity contribution in [3.05, 3.63) is 200 Å². The summed E-state index contributed by atoms with van der Waals surface area (Å²) in [5.74, 6) is 0.411. The van der Waals surface area contributed by atoms with Crippen LogP contribution < -0.4 is 9.80 Å². The van der Waals surface area contributed by atoms with Gasteiger partial charge in [0, 0.05) is 57.6 Å². The molecule has 0 unspecified atom stereocenters. The lowest BCUT2D eigenvalue weighted by molar-refractivity contribution is 0.714. The minimum Gasteiger partial charge on any atom is -0.311 e. The second-order valence-corrected chi connectivity index (χ2v) is 12.5. The Bertz CT molecular complexity index is 2330. The molecule has 9 aromatic rings. The maximum absolute atomic E-state index is 4.99. The third-order valence-corrected chi connectivity index (χ3v) is 9.20. The number of fused-ring (bicyclic) bond motifs is 1. The second kappa shape index (κ2) is 14.1. The van der Waals surface area contributed by atoms with Gasteiger partial charge >= 0.3 is 0 Å². The summed E-state index contributed by atoms with van der Waals surface area (Å²) in [6.45, 7) is 0. The zero-order valence-electron chi connectivity index (χ0n) is 28.7. The Morgan fingerprint density at radius 3 is 0.981 bits per heavy atom. The van der Waals surface area contributed by atoms with Gasteiger partial charge < -0.3 is 9.80 Å². The molecular formula is C46H33N7. The normalized spacial score (nSPS) is 11.0. The molecule has 0 radical (unpaired) electrons. The molecule has 0 amide bonds. The highest BCUT2D eigenvalue weighted by Crippen LogP contribution is 2.40. The van der Waals surface area contributed by atoms with Gasteiger partial charge in [-0.2, -0.15) is 0 Å². The van der Waals surface area contributed by atoms with Gasteiger partial charge in [-0.15, -0.1) is 15.0 Å². The summed E-state index contributed by atoms with van der Waals surface area (Å²) < 4.78 is 0. The lowest BCUT2D eigenvalue weighted by Crippen LogP contribution is -2.09. The third kappa shape index (κ3) is 6.28. The molecule has 7 heteroatoms. The molecule has 0 N–H and O–H groups in total. The van der Waals surface area contributed by atoms with Crippen molar-refractivity contribution in [2.75, 3.05) is 9.80 Å². The number of hydrogen-bond donors (Lipinski definition) is 0. The van der Waals surface area contributed by atoms with Crippen molar-refractivity contribution >= 4 is 45.2 Å². The molecule has 0 spiro atoms. The molecular weight excluding hydrogens is 651 g/mol. The summed E-state index contributed by atoms with van der Waals surface area (Å²) in [4.78, 5) is 14.9. The first-order chi connectivity index (χ1) is 26.3. The molecule has 7 aromatic carbocycles. The molecule has 53 heavy (non-hydrogen) atoms. The average Bonchev–Trinajstić information content (AvgIpc) is 3.69. The Morgan fingerprint density at radius 2 is 0.642 bits per heavy atom. The van der Waals surface area contributed by atoms with Gasteiger partial charge in [0.15, 0.2) is 0 Å². The zero-order chi connectivity index (χ0) is 35.4. The fraction of sp³-hybridized carbons (Fsp3) is 0. The molecule has 0 saturated carbocycles. The molecule has 7 nitrogen and oxygen atoms in total. The van der Waals surface area contributed by atoms with E-state index in [1.807, 2.05) is 24.3 Å². The summed E-state index contributed by atoms with van der Waals surface area (Å²) in [6, 6.07) is 65.0. The van der Waals surface area contributed by atoms with Crippen molar-refractivity contribution in [3.63, 3.8) is 0 Å². The van der Waals surface area contributed by atoms with E-state index >= 15 is 0 Å². The van der Waals surface area contributed by atoms with E-state index in [1.54, 1.807) is 18.5 Å². The van der Waals surface area contributed by atoms with Crippen molar-refractivity contribution < 1.29 is 0 Å². The zero-order valence-corrected chi connectivity index (χ0v) is 28.7. The van der Waals surface area contributed by atoms with Crippen LogP contribution in [0.3, 0.4) is 0 Å². The summed E-state index contributed by atoms with van der Waals surface area (Å²) >= 11 is 0. The van der Waals surface area contributed by atoms with Gasteiger partial charge in [0.25, 0.3) is 5.95 Å². The predicted octanol–water partition coefficient (Wildman–Crippen LogP) is 11.5. The highest BCUT2D eigenvalue weighted by Gasteiger charge is 2.19. The molecule has 2 heterocycles. The van der Waals surface area contributed by atoms with E-state index in [4.69, 9.17) is 10.2 Å². The Hall–Kier alpha value is -7.38. The summed E-state index contributed by atoms with van der Waals surface area (Å²) in [7, 11) is 0. The standard InChI is InChI=1S/C46H33N7/c1-5-14-36(15-6-1)51(37-16-7-2-8-17-37)40-26-22-34(23-27-40)42-30-31-43(45-44(42)49-53(50-45)46-47-32-13-33-48-46)35-24-28-41(29-25-35)52(38-18-9-3-10-19-38)39-20-11-4-12-21-39/h1-33H. The van der Waals surface area contributed by atoms with E-state index < -0.39 is 0 Å². The molecule has 0 aliphatic carbocycles. The fourth-order valence-electron chi connectivity index (χ4n) is 6.73. The highest BCUT2D eigenvalue weighted by molar-refractivity contribution is 6.01. The fourth-order valence-corrected chi connectivity index (χ4v) is 6.73. The first kappa shape index (κ1) is 31.6. The Balaban J connectivity index is 1.12. The van der Waals surface area contributed by atoms with E-state index in [9.17, 15) is 0 Å². The lowest BCUT2D eigenvalue weighted by atomic mass is 9.97. The first-order valence-electron chi connectivity index (χ1n) is 17.5. The van der Waals surface area contributed by atoms with Gasteiger partial charge in [-0.05, 0) is 90.0 Å². The number of hydrogen-bond acceptors (Lipinski definition) is 6. The van der Waals surface area contributed by atoms with E-state index in [0.29, 0.717) is 5.95 Å². The third-order valence-electron chi connectivity index (χ3n) is 9.20. The van der Waals surface area contributed by atoms with Gasteiger partial charge in [0.1, 0.15) is 11.0 Å². The lowest BCUT2D eigenvalue weighted by Gasteiger charge is -2.25. The van der Waals surface area contributed by atoms with E-state index in [-0.39, 0.29) is 0 Å². The Labute approximate surface area is 307 Å². The number of aromatic nitrogens is 5. The van der Waals surface area contributed by atoms with Crippen molar-refractivity contribution in [2.24, 2.45) is 0 Å². The molecule has 252 valence electrons. The molecule has 0 atom stereocenters. The van der Waals surface area contributed by atoms with Crippen LogP contribution in [0.1, 0.15) is 0 Å². The summed E-state index contributed by atoms with van der Waals surface area (Å²) in [6.07, 6.45) is 3.40. The molecule has 0 fully saturated rings. The summed E-state index contributed by atoms with van der Waals surface area (Å²) in [5.41, 5.74) is 12.0. The second-order valence-electron chi connectivity index (χ2n) is 12.5. The topological polar surface area (TPSA) is 63.0 Å². The molecule has 0 aliphatic rings. The Kier molecular flexibility index (Phi) is 8.40. The van der Waals surface area contributed by atoms with Crippen LogP contribution in [0.15, 0.2) is 200 Å². The molecule has 2 aromatic heterocycles. The predicted molar refractivity (Wildman–Crippen MR) is 215 cm³/mol. The maximum atomic E-state index is 4.99. The van der Waals surface area contributed by atoms with Gasteiger partial charge in [0.05, 0.1) is 0 Å². The van der Waals surface area contributed by atoms with Crippen molar-refractivity contribution in [2.45, 2.75) is 0 Å². The van der Waals surface area contributed by atoms with Crippen LogP contribution in [-0.4, -0.2) is 25.0 Å². The summed E-state index contributed by atoms with van der Waals surface area (Å²) in [5, 5.41) is 9.97. The monoisotopic (exact) mass is 683 g/mol. The SMILES string of the molecule is c1ccc(N(c2ccccc2)c2ccc(-c3ccc(-c4ccc(N(c5ccccc5)c5ccccc5)cc4)c4nn(-c5ncccn5)nc34)cc2)cc1. The van der Waals surface area contributed by atoms with Crippen LogP contribution in [0.25, 0.3) is 39.2 Å². The van der Waals surface area contributed by atoms with Gasteiger partial charge in [-0.1, -0.05) is 109 Å². The van der Waals surface area contributed by atoms with Crippen LogP contribution in [0.5, 0.6) is 0 Å². The number of benzene rings is 7. The van der Waals surface area contributed by atoms with Crippen LogP contribution >= 0.6 is 0 Å². The largest absolute Gasteiger partial charge is 0.311 e. The minimum absolute atomic E-state index is 0.411. The highest BCUT2D eigenvalue weighted by atomic mass is 15.5. The number of rotatable bonds is 9. The molecule has 0 aliphatic heterocycles. The number of para-hydroxylation sites is 4.